The van der Waals surface area contributed by atoms with Crippen molar-refractivity contribution in [2.45, 2.75) is 0 Å². The number of rotatable bonds is 3. The van der Waals surface area contributed by atoms with E-state index < -0.39 is 0 Å². The standard InChI is InChI=1S/C16H15N5O2/c1-21-9-5-6-10(15(21)22)12-13(11-7-3-4-8-18-11)19-16(17)20-14(12)23-2/h3-9H,1-2H3,(H2,17,19,20). The molecule has 0 fully saturated rings. The molecule has 116 valence electrons. The molecule has 3 aromatic heterocycles. The second-order valence-electron chi connectivity index (χ2n) is 4.87. The van der Waals surface area contributed by atoms with Crippen LogP contribution in [0.5, 0.6) is 5.88 Å². The number of nitrogen functional groups attached to an aromatic ring is 1. The van der Waals surface area contributed by atoms with Gasteiger partial charge in [0.1, 0.15) is 5.69 Å². The van der Waals surface area contributed by atoms with Crippen LogP contribution in [0.3, 0.4) is 0 Å². The minimum atomic E-state index is -0.184. The number of aromatic nitrogens is 4. The summed E-state index contributed by atoms with van der Waals surface area (Å²) in [5, 5.41) is 0. The van der Waals surface area contributed by atoms with Gasteiger partial charge in [-0.3, -0.25) is 9.78 Å². The summed E-state index contributed by atoms with van der Waals surface area (Å²) in [5.41, 5.74) is 7.53. The van der Waals surface area contributed by atoms with Gasteiger partial charge in [-0.25, -0.2) is 4.98 Å². The number of hydrogen-bond donors (Lipinski definition) is 1. The van der Waals surface area contributed by atoms with Gasteiger partial charge in [0, 0.05) is 19.4 Å². The molecule has 7 nitrogen and oxygen atoms in total. The Bertz CT molecular complexity index is 906. The molecule has 2 N–H and O–H groups in total. The SMILES string of the molecule is COc1nc(N)nc(-c2ccccn2)c1-c1cccn(C)c1=O. The van der Waals surface area contributed by atoms with Gasteiger partial charge in [-0.05, 0) is 24.3 Å². The van der Waals surface area contributed by atoms with E-state index in [9.17, 15) is 4.79 Å². The van der Waals surface area contributed by atoms with Crippen LogP contribution in [0.2, 0.25) is 0 Å². The van der Waals surface area contributed by atoms with Crippen LogP contribution in [0.4, 0.5) is 5.95 Å². The fourth-order valence-corrected chi connectivity index (χ4v) is 2.32. The smallest absolute Gasteiger partial charge is 0.258 e. The van der Waals surface area contributed by atoms with E-state index in [4.69, 9.17) is 10.5 Å². The van der Waals surface area contributed by atoms with Gasteiger partial charge in [0.05, 0.1) is 23.9 Å². The number of pyridine rings is 2. The molecular weight excluding hydrogens is 294 g/mol. The third kappa shape index (κ3) is 2.64. The van der Waals surface area contributed by atoms with Crippen LogP contribution in [0.15, 0.2) is 47.5 Å². The lowest BCUT2D eigenvalue weighted by atomic mass is 10.0. The van der Waals surface area contributed by atoms with E-state index in [1.54, 1.807) is 43.7 Å². The monoisotopic (exact) mass is 309 g/mol. The first-order chi connectivity index (χ1) is 11.1. The Hall–Kier alpha value is -3.22. The highest BCUT2D eigenvalue weighted by Crippen LogP contribution is 2.34. The van der Waals surface area contributed by atoms with Gasteiger partial charge in [-0.2, -0.15) is 4.98 Å². The molecule has 0 aliphatic rings. The van der Waals surface area contributed by atoms with Crippen LogP contribution in [-0.2, 0) is 7.05 Å². The van der Waals surface area contributed by atoms with Crippen molar-refractivity contribution in [1.82, 2.24) is 19.5 Å². The maximum absolute atomic E-state index is 12.5. The van der Waals surface area contributed by atoms with E-state index in [0.717, 1.165) is 0 Å². The van der Waals surface area contributed by atoms with Crippen molar-refractivity contribution in [3.63, 3.8) is 0 Å². The summed E-state index contributed by atoms with van der Waals surface area (Å²) in [6, 6.07) is 8.89. The molecule has 3 aromatic rings. The number of methoxy groups -OCH3 is 1. The topological polar surface area (TPSA) is 95.9 Å². The number of hydrogen-bond acceptors (Lipinski definition) is 6. The number of nitrogens with zero attached hydrogens (tertiary/aromatic N) is 4. The van der Waals surface area contributed by atoms with Gasteiger partial charge in [-0.1, -0.05) is 6.07 Å². The molecule has 0 radical (unpaired) electrons. The van der Waals surface area contributed by atoms with Gasteiger partial charge in [-0.15, -0.1) is 0 Å². The highest BCUT2D eigenvalue weighted by atomic mass is 16.5. The maximum atomic E-state index is 12.5. The number of ether oxygens (including phenoxy) is 1. The van der Waals surface area contributed by atoms with Crippen LogP contribution < -0.4 is 16.0 Å². The number of anilines is 1. The van der Waals surface area contributed by atoms with Crippen LogP contribution >= 0.6 is 0 Å². The predicted octanol–water partition coefficient (Wildman–Crippen LogP) is 1.50. The molecule has 0 amide bonds. The van der Waals surface area contributed by atoms with Crippen LogP contribution in [0.25, 0.3) is 22.5 Å². The lowest BCUT2D eigenvalue weighted by Crippen LogP contribution is -2.18. The Morgan fingerprint density at radius 2 is 2.00 bits per heavy atom. The molecule has 0 saturated heterocycles. The fraction of sp³-hybridized carbons (Fsp3) is 0.125. The van der Waals surface area contributed by atoms with Crippen molar-refractivity contribution in [1.29, 1.82) is 0 Å². The van der Waals surface area contributed by atoms with Gasteiger partial charge in [0.15, 0.2) is 0 Å². The first kappa shape index (κ1) is 14.7. The lowest BCUT2D eigenvalue weighted by Gasteiger charge is -2.13. The summed E-state index contributed by atoms with van der Waals surface area (Å²) in [6.07, 6.45) is 3.32. The molecule has 0 spiro atoms. The molecule has 3 heterocycles. The van der Waals surface area contributed by atoms with E-state index in [2.05, 4.69) is 15.0 Å². The second-order valence-corrected chi connectivity index (χ2v) is 4.87. The molecule has 0 atom stereocenters. The number of nitrogens with two attached hydrogens (primary N) is 1. The van der Waals surface area contributed by atoms with Crippen LogP contribution in [-0.4, -0.2) is 26.6 Å². The molecule has 0 unspecified atom stereocenters. The van der Waals surface area contributed by atoms with E-state index in [1.165, 1.54) is 11.7 Å². The fourth-order valence-electron chi connectivity index (χ4n) is 2.32. The Labute approximate surface area is 132 Å². The average molecular weight is 309 g/mol. The van der Waals surface area contributed by atoms with Gasteiger partial charge < -0.3 is 15.0 Å². The number of aryl methyl sites for hydroxylation is 1. The molecular formula is C16H15N5O2. The summed E-state index contributed by atoms with van der Waals surface area (Å²) < 4.78 is 6.81. The Morgan fingerprint density at radius 1 is 1.17 bits per heavy atom. The zero-order valence-electron chi connectivity index (χ0n) is 12.7. The van der Waals surface area contributed by atoms with E-state index in [-0.39, 0.29) is 17.4 Å². The largest absolute Gasteiger partial charge is 0.480 e. The Balaban J connectivity index is 2.39. The average Bonchev–Trinajstić information content (AvgIpc) is 2.57. The Kier molecular flexibility index (Phi) is 3.76. The van der Waals surface area contributed by atoms with Crippen molar-refractivity contribution < 1.29 is 4.74 Å². The second kappa shape index (κ2) is 5.88. The van der Waals surface area contributed by atoms with Gasteiger partial charge >= 0.3 is 0 Å². The zero-order chi connectivity index (χ0) is 16.4. The summed E-state index contributed by atoms with van der Waals surface area (Å²) in [7, 11) is 3.15. The summed E-state index contributed by atoms with van der Waals surface area (Å²) >= 11 is 0. The molecule has 0 bridgehead atoms. The highest BCUT2D eigenvalue weighted by molar-refractivity contribution is 5.83. The van der Waals surface area contributed by atoms with Crippen molar-refractivity contribution >= 4 is 5.95 Å². The Morgan fingerprint density at radius 3 is 2.70 bits per heavy atom. The van der Waals surface area contributed by atoms with Gasteiger partial charge in [0.25, 0.3) is 5.56 Å². The summed E-state index contributed by atoms with van der Waals surface area (Å²) in [4.78, 5) is 25.2. The first-order valence-electron chi connectivity index (χ1n) is 6.90. The third-order valence-electron chi connectivity index (χ3n) is 3.39. The quantitative estimate of drug-likeness (QED) is 0.787. The molecule has 0 saturated carbocycles. The van der Waals surface area contributed by atoms with Crippen molar-refractivity contribution in [3.8, 4) is 28.4 Å². The molecule has 0 aromatic carbocycles. The normalized spacial score (nSPS) is 10.5. The van der Waals surface area contributed by atoms with Gasteiger partial charge in [0.2, 0.25) is 11.8 Å². The van der Waals surface area contributed by atoms with Crippen LogP contribution in [0.1, 0.15) is 0 Å². The predicted molar refractivity (Wildman–Crippen MR) is 86.9 cm³/mol. The van der Waals surface area contributed by atoms with E-state index in [1.807, 2.05) is 6.07 Å². The van der Waals surface area contributed by atoms with Crippen molar-refractivity contribution in [2.75, 3.05) is 12.8 Å². The molecule has 0 aliphatic heterocycles. The lowest BCUT2D eigenvalue weighted by molar-refractivity contribution is 0.399. The summed E-state index contributed by atoms with van der Waals surface area (Å²) in [6.45, 7) is 0. The molecule has 3 rings (SSSR count). The minimum absolute atomic E-state index is 0.0546. The van der Waals surface area contributed by atoms with Crippen molar-refractivity contribution in [2.24, 2.45) is 7.05 Å². The molecule has 0 aliphatic carbocycles. The van der Waals surface area contributed by atoms with E-state index >= 15 is 0 Å². The zero-order valence-corrected chi connectivity index (χ0v) is 12.7. The first-order valence-corrected chi connectivity index (χ1v) is 6.90. The van der Waals surface area contributed by atoms with Crippen LogP contribution in [0, 0.1) is 0 Å². The van der Waals surface area contributed by atoms with Crippen molar-refractivity contribution in [3.05, 3.63) is 53.1 Å². The maximum Gasteiger partial charge on any atom is 0.258 e. The minimum Gasteiger partial charge on any atom is -0.480 e. The van der Waals surface area contributed by atoms with E-state index in [0.29, 0.717) is 22.5 Å². The summed E-state index contributed by atoms with van der Waals surface area (Å²) in [5.74, 6) is 0.292. The molecule has 23 heavy (non-hydrogen) atoms. The highest BCUT2D eigenvalue weighted by Gasteiger charge is 2.21. The third-order valence-corrected chi connectivity index (χ3v) is 3.39. The molecule has 7 heteroatoms.